The van der Waals surface area contributed by atoms with Crippen molar-refractivity contribution in [1.29, 1.82) is 0 Å². The molecule has 0 bridgehead atoms. The van der Waals surface area contributed by atoms with Gasteiger partial charge in [0, 0.05) is 13.6 Å². The molecule has 0 radical (unpaired) electrons. The topological polar surface area (TPSA) is 118 Å². The molecule has 2 amide bonds. The average molecular weight is 274 g/mol. The van der Waals surface area contributed by atoms with Crippen molar-refractivity contribution in [2.45, 2.75) is 18.9 Å². The minimum atomic E-state index is -1.26. The van der Waals surface area contributed by atoms with Gasteiger partial charge in [-0.3, -0.25) is 9.59 Å². The van der Waals surface area contributed by atoms with Crippen molar-refractivity contribution >= 4 is 18.0 Å². The maximum absolute atomic E-state index is 11.9. The fourth-order valence-electron chi connectivity index (χ4n) is 2.07. The van der Waals surface area contributed by atoms with Crippen LogP contribution in [0.1, 0.15) is 12.8 Å². The van der Waals surface area contributed by atoms with Gasteiger partial charge in [0.2, 0.25) is 0 Å². The lowest BCUT2D eigenvalue weighted by atomic mass is 9.82. The van der Waals surface area contributed by atoms with E-state index in [0.717, 1.165) is 4.90 Å². The molecule has 0 aromatic carbocycles. The number of aliphatic hydroxyl groups is 1. The first-order valence-electron chi connectivity index (χ1n) is 5.91. The van der Waals surface area contributed by atoms with E-state index in [1.54, 1.807) is 0 Å². The summed E-state index contributed by atoms with van der Waals surface area (Å²) in [4.78, 5) is 35.2. The van der Waals surface area contributed by atoms with Gasteiger partial charge < -0.3 is 25.1 Å². The van der Waals surface area contributed by atoms with Crippen molar-refractivity contribution in [3.05, 3.63) is 0 Å². The molecule has 0 spiro atoms. The van der Waals surface area contributed by atoms with Gasteiger partial charge in [0.1, 0.15) is 13.1 Å². The Hall–Kier alpha value is -1.83. The lowest BCUT2D eigenvalue weighted by Gasteiger charge is -2.35. The number of aliphatic carboxylic acids is 2. The molecule has 1 fully saturated rings. The largest absolute Gasteiger partial charge is 0.480 e. The fourth-order valence-corrected chi connectivity index (χ4v) is 2.07. The van der Waals surface area contributed by atoms with Crippen LogP contribution in [-0.2, 0) is 9.59 Å². The number of hydrogen-bond donors (Lipinski definition) is 3. The number of carboxylic acids is 2. The molecule has 0 heterocycles. The summed E-state index contributed by atoms with van der Waals surface area (Å²) < 4.78 is 0. The molecule has 0 aromatic rings. The van der Waals surface area contributed by atoms with Gasteiger partial charge in [0.05, 0.1) is 6.10 Å². The summed E-state index contributed by atoms with van der Waals surface area (Å²) in [6, 6.07) is -0.633. The van der Waals surface area contributed by atoms with Crippen LogP contribution in [0.4, 0.5) is 4.79 Å². The van der Waals surface area contributed by atoms with Gasteiger partial charge in [-0.2, -0.15) is 0 Å². The molecule has 0 unspecified atom stereocenters. The van der Waals surface area contributed by atoms with Gasteiger partial charge in [0.15, 0.2) is 0 Å². The number of carbonyl (C=O) groups excluding carboxylic acids is 1. The van der Waals surface area contributed by atoms with Crippen molar-refractivity contribution in [3.63, 3.8) is 0 Å². The Labute approximate surface area is 110 Å². The SMILES string of the molecule is CN(CC1CC(O)C1)C(=O)N(CC(=O)O)CC(=O)O. The lowest BCUT2D eigenvalue weighted by molar-refractivity contribution is -0.140. The van der Waals surface area contributed by atoms with Gasteiger partial charge in [0.25, 0.3) is 0 Å². The number of aliphatic hydroxyl groups excluding tert-OH is 1. The Balaban J connectivity index is 2.53. The Bertz CT molecular complexity index is 350. The fraction of sp³-hybridized carbons (Fsp3) is 0.727. The Morgan fingerprint density at radius 3 is 1.95 bits per heavy atom. The highest BCUT2D eigenvalue weighted by Crippen LogP contribution is 2.27. The van der Waals surface area contributed by atoms with Gasteiger partial charge in [-0.15, -0.1) is 0 Å². The molecule has 1 saturated carbocycles. The van der Waals surface area contributed by atoms with Crippen LogP contribution in [0.25, 0.3) is 0 Å². The Kier molecular flexibility index (Phi) is 5.11. The predicted octanol–water partition coefficient (Wildman–Crippen LogP) is -0.720. The first-order chi connectivity index (χ1) is 8.79. The molecular weight excluding hydrogens is 256 g/mol. The summed E-state index contributed by atoms with van der Waals surface area (Å²) in [5.41, 5.74) is 0. The minimum Gasteiger partial charge on any atom is -0.480 e. The van der Waals surface area contributed by atoms with Crippen LogP contribution >= 0.6 is 0 Å². The summed E-state index contributed by atoms with van der Waals surface area (Å²) in [6.07, 6.45) is 0.882. The van der Waals surface area contributed by atoms with Crippen LogP contribution in [0.5, 0.6) is 0 Å². The summed E-state index contributed by atoms with van der Waals surface area (Å²) in [5, 5.41) is 26.5. The van der Waals surface area contributed by atoms with Crippen LogP contribution < -0.4 is 0 Å². The second-order valence-corrected chi connectivity index (χ2v) is 4.80. The van der Waals surface area contributed by atoms with E-state index in [0.29, 0.717) is 19.4 Å². The van der Waals surface area contributed by atoms with Gasteiger partial charge >= 0.3 is 18.0 Å². The van der Waals surface area contributed by atoms with E-state index in [1.165, 1.54) is 11.9 Å². The number of nitrogens with zero attached hydrogens (tertiary/aromatic N) is 2. The third-order valence-electron chi connectivity index (χ3n) is 2.99. The molecule has 1 rings (SSSR count). The number of hydrogen-bond acceptors (Lipinski definition) is 4. The smallest absolute Gasteiger partial charge is 0.323 e. The molecule has 8 heteroatoms. The molecule has 1 aliphatic carbocycles. The molecule has 0 saturated heterocycles. The van der Waals surface area contributed by atoms with Gasteiger partial charge in [-0.05, 0) is 18.8 Å². The maximum atomic E-state index is 11.9. The van der Waals surface area contributed by atoms with Crippen LogP contribution in [0, 0.1) is 5.92 Å². The Morgan fingerprint density at radius 2 is 1.58 bits per heavy atom. The second-order valence-electron chi connectivity index (χ2n) is 4.80. The molecular formula is C11H18N2O6. The third-order valence-corrected chi connectivity index (χ3v) is 2.99. The molecule has 8 nitrogen and oxygen atoms in total. The second kappa shape index (κ2) is 6.37. The van der Waals surface area contributed by atoms with E-state index >= 15 is 0 Å². The first kappa shape index (κ1) is 15.2. The summed E-state index contributed by atoms with van der Waals surface area (Å²) in [6.45, 7) is -0.919. The third kappa shape index (κ3) is 4.74. The van der Waals surface area contributed by atoms with Crippen LogP contribution in [0.2, 0.25) is 0 Å². The van der Waals surface area contributed by atoms with Crippen molar-refractivity contribution in [2.24, 2.45) is 5.92 Å². The zero-order chi connectivity index (χ0) is 14.6. The average Bonchev–Trinajstić information content (AvgIpc) is 2.23. The quantitative estimate of drug-likeness (QED) is 0.588. The number of carbonyl (C=O) groups is 3. The van der Waals surface area contributed by atoms with Crippen molar-refractivity contribution in [2.75, 3.05) is 26.7 Å². The normalized spacial score (nSPS) is 21.4. The van der Waals surface area contributed by atoms with Gasteiger partial charge in [-0.25, -0.2) is 4.79 Å². The van der Waals surface area contributed by atoms with Crippen LogP contribution in [0.3, 0.4) is 0 Å². The summed E-state index contributed by atoms with van der Waals surface area (Å²) in [7, 11) is 1.49. The van der Waals surface area contributed by atoms with Crippen molar-refractivity contribution in [1.82, 2.24) is 9.80 Å². The van der Waals surface area contributed by atoms with E-state index in [9.17, 15) is 14.4 Å². The zero-order valence-electron chi connectivity index (χ0n) is 10.7. The monoisotopic (exact) mass is 274 g/mol. The lowest BCUT2D eigenvalue weighted by Crippen LogP contribution is -2.48. The number of amides is 2. The predicted molar refractivity (Wildman–Crippen MR) is 63.6 cm³/mol. The van der Waals surface area contributed by atoms with Crippen LogP contribution in [-0.4, -0.2) is 75.9 Å². The molecule has 1 aliphatic rings. The van der Waals surface area contributed by atoms with Gasteiger partial charge in [-0.1, -0.05) is 0 Å². The van der Waals surface area contributed by atoms with E-state index in [-0.39, 0.29) is 12.0 Å². The van der Waals surface area contributed by atoms with E-state index in [4.69, 9.17) is 15.3 Å². The minimum absolute atomic E-state index is 0.181. The number of carboxylic acid groups (broad SMARTS) is 2. The van der Waals surface area contributed by atoms with Crippen molar-refractivity contribution < 1.29 is 29.7 Å². The maximum Gasteiger partial charge on any atom is 0.323 e. The molecule has 0 aromatic heterocycles. The number of rotatable bonds is 6. The van der Waals surface area contributed by atoms with E-state index in [2.05, 4.69) is 0 Å². The molecule has 19 heavy (non-hydrogen) atoms. The highest BCUT2D eigenvalue weighted by atomic mass is 16.4. The van der Waals surface area contributed by atoms with Crippen molar-refractivity contribution in [3.8, 4) is 0 Å². The Morgan fingerprint density at radius 1 is 1.11 bits per heavy atom. The summed E-state index contributed by atoms with van der Waals surface area (Å²) in [5.74, 6) is -2.34. The highest BCUT2D eigenvalue weighted by Gasteiger charge is 2.31. The molecule has 0 atom stereocenters. The summed E-state index contributed by atoms with van der Waals surface area (Å²) >= 11 is 0. The zero-order valence-corrected chi connectivity index (χ0v) is 10.7. The van der Waals surface area contributed by atoms with E-state index in [1.807, 2.05) is 0 Å². The van der Waals surface area contributed by atoms with E-state index < -0.39 is 31.1 Å². The first-order valence-corrected chi connectivity index (χ1v) is 5.91. The van der Waals surface area contributed by atoms with Crippen LogP contribution in [0.15, 0.2) is 0 Å². The number of urea groups is 1. The molecule has 3 N–H and O–H groups in total. The molecule has 0 aliphatic heterocycles. The highest BCUT2D eigenvalue weighted by molar-refractivity contribution is 5.84. The molecule has 108 valence electrons. The standard InChI is InChI=1S/C11H18N2O6/c1-12(4-7-2-8(14)3-7)11(19)13(5-9(15)16)6-10(17)18/h7-8,14H,2-6H2,1H3,(H,15,16)(H,17,18).